The largest absolute Gasteiger partial charge is 0.380 e. The van der Waals surface area contributed by atoms with Crippen molar-refractivity contribution >= 4 is 15.9 Å². The fourth-order valence-electron chi connectivity index (χ4n) is 2.45. The molecule has 2 N–H and O–H groups in total. The predicted octanol–water partition coefficient (Wildman–Crippen LogP) is 2.31. The molecule has 1 fully saturated rings. The van der Waals surface area contributed by atoms with E-state index in [1.54, 1.807) is 13.2 Å². The van der Waals surface area contributed by atoms with Crippen LogP contribution < -0.4 is 5.73 Å². The molecule has 0 radical (unpaired) electrons. The zero-order valence-corrected chi connectivity index (χ0v) is 12.0. The first-order valence-electron chi connectivity index (χ1n) is 6.07. The number of hydrogen-bond donors (Lipinski definition) is 1. The minimum atomic E-state index is -0.245. The number of benzene rings is 1. The van der Waals surface area contributed by atoms with Gasteiger partial charge >= 0.3 is 0 Å². The zero-order chi connectivity index (χ0) is 13.1. The smallest absolute Gasteiger partial charge is 0.137 e. The molecule has 1 aromatic carbocycles. The molecule has 1 heterocycles. The molecule has 0 bridgehead atoms. The van der Waals surface area contributed by atoms with Crippen LogP contribution >= 0.6 is 15.9 Å². The molecule has 1 aliphatic heterocycles. The number of halogens is 2. The SMILES string of the molecule is COC1CCN(C(CN)c2ccc(F)c(Br)c2)C1. The quantitative estimate of drug-likeness (QED) is 0.926. The van der Waals surface area contributed by atoms with Gasteiger partial charge in [-0.05, 0) is 40.0 Å². The molecule has 100 valence electrons. The molecule has 3 nitrogen and oxygen atoms in total. The second kappa shape index (κ2) is 6.10. The number of nitrogens with zero attached hydrogens (tertiary/aromatic N) is 1. The molecule has 2 unspecified atom stereocenters. The summed E-state index contributed by atoms with van der Waals surface area (Å²) in [6.07, 6.45) is 1.30. The number of hydrogen-bond acceptors (Lipinski definition) is 3. The molecule has 1 saturated heterocycles. The number of rotatable bonds is 4. The van der Waals surface area contributed by atoms with E-state index in [9.17, 15) is 4.39 Å². The summed E-state index contributed by atoms with van der Waals surface area (Å²) < 4.78 is 19.1. The summed E-state index contributed by atoms with van der Waals surface area (Å²) in [6.45, 7) is 2.37. The molecule has 18 heavy (non-hydrogen) atoms. The third-order valence-electron chi connectivity index (χ3n) is 3.50. The van der Waals surface area contributed by atoms with Gasteiger partial charge in [-0.25, -0.2) is 4.39 Å². The predicted molar refractivity (Wildman–Crippen MR) is 72.9 cm³/mol. The van der Waals surface area contributed by atoms with E-state index in [4.69, 9.17) is 10.5 Å². The third-order valence-corrected chi connectivity index (χ3v) is 4.11. The maximum Gasteiger partial charge on any atom is 0.137 e. The summed E-state index contributed by atoms with van der Waals surface area (Å²) in [7, 11) is 1.74. The Bertz CT molecular complexity index is 416. The standard InChI is InChI=1S/C13H18BrFN2O/c1-18-10-4-5-17(8-10)13(7-16)9-2-3-12(15)11(14)6-9/h2-3,6,10,13H,4-5,7-8,16H2,1H3. The Morgan fingerprint density at radius 3 is 2.94 bits per heavy atom. The molecule has 5 heteroatoms. The van der Waals surface area contributed by atoms with E-state index in [-0.39, 0.29) is 18.0 Å². The van der Waals surface area contributed by atoms with Crippen molar-refractivity contribution in [2.24, 2.45) is 5.73 Å². The van der Waals surface area contributed by atoms with Gasteiger partial charge in [-0.15, -0.1) is 0 Å². The fourth-order valence-corrected chi connectivity index (χ4v) is 2.84. The van der Waals surface area contributed by atoms with E-state index in [0.717, 1.165) is 25.1 Å². The van der Waals surface area contributed by atoms with Crippen molar-refractivity contribution in [1.82, 2.24) is 4.90 Å². The van der Waals surface area contributed by atoms with Crippen LogP contribution in [0.1, 0.15) is 18.0 Å². The Labute approximate surface area is 115 Å². The maximum atomic E-state index is 13.2. The van der Waals surface area contributed by atoms with Gasteiger partial charge in [0.05, 0.1) is 10.6 Å². The number of methoxy groups -OCH3 is 1. The van der Waals surface area contributed by atoms with E-state index in [1.165, 1.54) is 6.07 Å². The first kappa shape index (κ1) is 13.9. The van der Waals surface area contributed by atoms with E-state index >= 15 is 0 Å². The Morgan fingerprint density at radius 2 is 2.39 bits per heavy atom. The monoisotopic (exact) mass is 316 g/mol. The van der Waals surface area contributed by atoms with E-state index in [2.05, 4.69) is 20.8 Å². The second-order valence-electron chi connectivity index (χ2n) is 4.57. The summed E-state index contributed by atoms with van der Waals surface area (Å²) in [5.74, 6) is -0.245. The summed E-state index contributed by atoms with van der Waals surface area (Å²) >= 11 is 3.22. The molecule has 0 spiro atoms. The molecule has 2 atom stereocenters. The van der Waals surface area contributed by atoms with Gasteiger partial charge < -0.3 is 10.5 Å². The van der Waals surface area contributed by atoms with Crippen LogP contribution in [0.4, 0.5) is 4.39 Å². The van der Waals surface area contributed by atoms with Crippen LogP contribution in [0.25, 0.3) is 0 Å². The summed E-state index contributed by atoms with van der Waals surface area (Å²) in [4.78, 5) is 2.30. The lowest BCUT2D eigenvalue weighted by Gasteiger charge is -2.27. The first-order chi connectivity index (χ1) is 8.65. The molecule has 0 aliphatic carbocycles. The molecular formula is C13H18BrFN2O. The average Bonchev–Trinajstić information content (AvgIpc) is 2.83. The zero-order valence-electron chi connectivity index (χ0n) is 10.4. The Hall–Kier alpha value is -0.490. The van der Waals surface area contributed by atoms with Crippen LogP contribution in [0.3, 0.4) is 0 Å². The first-order valence-corrected chi connectivity index (χ1v) is 6.87. The van der Waals surface area contributed by atoms with Gasteiger partial charge in [0.25, 0.3) is 0 Å². The minimum absolute atomic E-state index is 0.127. The molecule has 0 amide bonds. The average molecular weight is 317 g/mol. The highest BCUT2D eigenvalue weighted by Crippen LogP contribution is 2.28. The Kier molecular flexibility index (Phi) is 4.72. The van der Waals surface area contributed by atoms with Crippen molar-refractivity contribution < 1.29 is 9.13 Å². The van der Waals surface area contributed by atoms with Crippen molar-refractivity contribution in [2.45, 2.75) is 18.6 Å². The van der Waals surface area contributed by atoms with E-state index in [0.29, 0.717) is 11.0 Å². The van der Waals surface area contributed by atoms with Crippen LogP contribution in [-0.2, 0) is 4.74 Å². The normalized spacial score (nSPS) is 22.3. The molecular weight excluding hydrogens is 299 g/mol. The lowest BCUT2D eigenvalue weighted by Crippen LogP contribution is -2.33. The second-order valence-corrected chi connectivity index (χ2v) is 5.42. The van der Waals surface area contributed by atoms with E-state index < -0.39 is 0 Å². The van der Waals surface area contributed by atoms with Crippen molar-refractivity contribution in [3.63, 3.8) is 0 Å². The Morgan fingerprint density at radius 1 is 1.61 bits per heavy atom. The summed E-state index contributed by atoms with van der Waals surface area (Å²) in [5.41, 5.74) is 6.91. The van der Waals surface area contributed by atoms with Crippen LogP contribution in [-0.4, -0.2) is 37.7 Å². The topological polar surface area (TPSA) is 38.5 Å². The molecule has 1 aliphatic rings. The number of ether oxygens (including phenoxy) is 1. The molecule has 2 rings (SSSR count). The molecule has 0 saturated carbocycles. The Balaban J connectivity index is 2.15. The third kappa shape index (κ3) is 2.91. The van der Waals surface area contributed by atoms with Crippen molar-refractivity contribution in [3.8, 4) is 0 Å². The highest BCUT2D eigenvalue weighted by atomic mass is 79.9. The van der Waals surface area contributed by atoms with Gasteiger partial charge in [0.2, 0.25) is 0 Å². The van der Waals surface area contributed by atoms with Gasteiger partial charge in [0, 0.05) is 32.8 Å². The van der Waals surface area contributed by atoms with Crippen molar-refractivity contribution in [2.75, 3.05) is 26.7 Å². The fraction of sp³-hybridized carbons (Fsp3) is 0.538. The maximum absolute atomic E-state index is 13.2. The van der Waals surface area contributed by atoms with Crippen LogP contribution in [0.15, 0.2) is 22.7 Å². The van der Waals surface area contributed by atoms with Crippen LogP contribution in [0.5, 0.6) is 0 Å². The molecule has 0 aromatic heterocycles. The lowest BCUT2D eigenvalue weighted by atomic mass is 10.1. The van der Waals surface area contributed by atoms with Gasteiger partial charge in [-0.1, -0.05) is 6.07 Å². The highest BCUT2D eigenvalue weighted by Gasteiger charge is 2.28. The van der Waals surface area contributed by atoms with Crippen molar-refractivity contribution in [1.29, 1.82) is 0 Å². The lowest BCUT2D eigenvalue weighted by molar-refractivity contribution is 0.101. The van der Waals surface area contributed by atoms with E-state index in [1.807, 2.05) is 6.07 Å². The summed E-state index contributed by atoms with van der Waals surface area (Å²) in [6, 6.07) is 5.22. The highest BCUT2D eigenvalue weighted by molar-refractivity contribution is 9.10. The number of likely N-dealkylation sites (tertiary alicyclic amines) is 1. The number of nitrogens with two attached hydrogens (primary N) is 1. The van der Waals surface area contributed by atoms with Gasteiger partial charge in [0.15, 0.2) is 0 Å². The summed E-state index contributed by atoms with van der Waals surface area (Å²) in [5, 5.41) is 0. The minimum Gasteiger partial charge on any atom is -0.380 e. The van der Waals surface area contributed by atoms with Crippen molar-refractivity contribution in [3.05, 3.63) is 34.1 Å². The van der Waals surface area contributed by atoms with Crippen LogP contribution in [0.2, 0.25) is 0 Å². The van der Waals surface area contributed by atoms with Gasteiger partial charge in [0.1, 0.15) is 5.82 Å². The molecule has 1 aromatic rings. The van der Waals surface area contributed by atoms with Gasteiger partial charge in [-0.3, -0.25) is 4.90 Å². The van der Waals surface area contributed by atoms with Crippen LogP contribution in [0, 0.1) is 5.82 Å². The van der Waals surface area contributed by atoms with Gasteiger partial charge in [-0.2, -0.15) is 0 Å².